The van der Waals surface area contributed by atoms with Gasteiger partial charge in [-0.2, -0.15) is 0 Å². The molecule has 39 heavy (non-hydrogen) atoms. The molecule has 5 rings (SSSR count). The Morgan fingerprint density at radius 1 is 0.923 bits per heavy atom. The Bertz CT molecular complexity index is 1410. The van der Waals surface area contributed by atoms with Gasteiger partial charge in [-0.1, -0.05) is 18.2 Å². The van der Waals surface area contributed by atoms with Crippen LogP contribution in [0, 0.1) is 5.82 Å². The SMILES string of the molecule is CCOc1ccc(/C(O)=C2\C(=O)C(=O)N(c3ccc(N4CCCC4)cc3)C2c2ccccc2F)c(OCC)c1. The minimum atomic E-state index is -1.18. The Kier molecular flexibility index (Phi) is 7.54. The normalized spacial score (nSPS) is 18.6. The lowest BCUT2D eigenvalue weighted by Crippen LogP contribution is -2.30. The van der Waals surface area contributed by atoms with E-state index in [2.05, 4.69) is 4.90 Å². The summed E-state index contributed by atoms with van der Waals surface area (Å²) in [5.74, 6) is -1.96. The number of anilines is 2. The van der Waals surface area contributed by atoms with Crippen LogP contribution in [-0.4, -0.2) is 43.1 Å². The molecular formula is C31H31FN2O5. The van der Waals surface area contributed by atoms with Crippen LogP contribution in [0.5, 0.6) is 11.5 Å². The Morgan fingerprint density at radius 2 is 1.59 bits per heavy atom. The second-order valence-corrected chi connectivity index (χ2v) is 9.43. The van der Waals surface area contributed by atoms with Crippen LogP contribution in [0.4, 0.5) is 15.8 Å². The van der Waals surface area contributed by atoms with Gasteiger partial charge in [-0.15, -0.1) is 0 Å². The zero-order valence-electron chi connectivity index (χ0n) is 22.0. The van der Waals surface area contributed by atoms with E-state index in [1.165, 1.54) is 23.1 Å². The fourth-order valence-corrected chi connectivity index (χ4v) is 5.26. The van der Waals surface area contributed by atoms with Gasteiger partial charge in [-0.05, 0) is 69.2 Å². The molecule has 0 saturated carbocycles. The van der Waals surface area contributed by atoms with E-state index in [1.54, 1.807) is 43.3 Å². The molecule has 1 amide bonds. The molecule has 0 radical (unpaired) electrons. The highest BCUT2D eigenvalue weighted by molar-refractivity contribution is 6.51. The number of amides is 1. The lowest BCUT2D eigenvalue weighted by Gasteiger charge is -2.26. The molecule has 0 bridgehead atoms. The van der Waals surface area contributed by atoms with Crippen molar-refractivity contribution in [3.05, 3.63) is 89.2 Å². The quantitative estimate of drug-likeness (QED) is 0.224. The number of aliphatic hydroxyl groups is 1. The molecule has 1 N–H and O–H groups in total. The van der Waals surface area contributed by atoms with Crippen molar-refractivity contribution in [3.8, 4) is 11.5 Å². The second-order valence-electron chi connectivity index (χ2n) is 9.43. The van der Waals surface area contributed by atoms with Crippen LogP contribution in [-0.2, 0) is 9.59 Å². The average molecular weight is 531 g/mol. The van der Waals surface area contributed by atoms with Gasteiger partial charge in [0.25, 0.3) is 11.7 Å². The third-order valence-electron chi connectivity index (χ3n) is 7.06. The Balaban J connectivity index is 1.65. The van der Waals surface area contributed by atoms with Gasteiger partial charge in [0.05, 0.1) is 30.4 Å². The Hall–Kier alpha value is -4.33. The third-order valence-corrected chi connectivity index (χ3v) is 7.06. The molecule has 1 unspecified atom stereocenters. The molecule has 7 nitrogen and oxygen atoms in total. The summed E-state index contributed by atoms with van der Waals surface area (Å²) < 4.78 is 26.5. The van der Waals surface area contributed by atoms with Crippen LogP contribution < -0.4 is 19.3 Å². The highest BCUT2D eigenvalue weighted by atomic mass is 19.1. The highest BCUT2D eigenvalue weighted by Crippen LogP contribution is 2.44. The van der Waals surface area contributed by atoms with E-state index < -0.39 is 29.3 Å². The molecule has 1 atom stereocenters. The molecule has 0 spiro atoms. The van der Waals surface area contributed by atoms with Crippen molar-refractivity contribution in [3.63, 3.8) is 0 Å². The fourth-order valence-electron chi connectivity index (χ4n) is 5.26. The van der Waals surface area contributed by atoms with Gasteiger partial charge in [0.2, 0.25) is 0 Å². The smallest absolute Gasteiger partial charge is 0.300 e. The number of ether oxygens (including phenoxy) is 2. The van der Waals surface area contributed by atoms with E-state index in [1.807, 2.05) is 19.1 Å². The maximum Gasteiger partial charge on any atom is 0.300 e. The summed E-state index contributed by atoms with van der Waals surface area (Å²) in [7, 11) is 0. The van der Waals surface area contributed by atoms with Crippen molar-refractivity contribution in [2.45, 2.75) is 32.7 Å². The number of carbonyl (C=O) groups excluding carboxylic acids is 2. The molecular weight excluding hydrogens is 499 g/mol. The second kappa shape index (κ2) is 11.2. The van der Waals surface area contributed by atoms with Gasteiger partial charge >= 0.3 is 0 Å². The number of nitrogens with zero attached hydrogens (tertiary/aromatic N) is 2. The fraction of sp³-hybridized carbons (Fsp3) is 0.290. The molecule has 3 aromatic rings. The molecule has 202 valence electrons. The first-order chi connectivity index (χ1) is 18.9. The summed E-state index contributed by atoms with van der Waals surface area (Å²) >= 11 is 0. The molecule has 0 aromatic heterocycles. The maximum absolute atomic E-state index is 15.2. The van der Waals surface area contributed by atoms with E-state index in [0.29, 0.717) is 24.7 Å². The van der Waals surface area contributed by atoms with Gasteiger partial charge in [-0.3, -0.25) is 14.5 Å². The summed E-state index contributed by atoms with van der Waals surface area (Å²) in [6.07, 6.45) is 2.25. The van der Waals surface area contributed by atoms with E-state index in [-0.39, 0.29) is 22.4 Å². The first-order valence-electron chi connectivity index (χ1n) is 13.2. The van der Waals surface area contributed by atoms with Crippen molar-refractivity contribution >= 4 is 28.8 Å². The Morgan fingerprint density at radius 3 is 2.26 bits per heavy atom. The predicted molar refractivity (Wildman–Crippen MR) is 148 cm³/mol. The molecule has 0 aliphatic carbocycles. The van der Waals surface area contributed by atoms with E-state index in [9.17, 15) is 14.7 Å². The van der Waals surface area contributed by atoms with Gasteiger partial charge in [0, 0.05) is 36.1 Å². The monoisotopic (exact) mass is 530 g/mol. The van der Waals surface area contributed by atoms with Gasteiger partial charge in [-0.25, -0.2) is 4.39 Å². The molecule has 2 fully saturated rings. The van der Waals surface area contributed by atoms with Crippen molar-refractivity contribution in [2.75, 3.05) is 36.1 Å². The molecule has 2 saturated heterocycles. The van der Waals surface area contributed by atoms with Crippen LogP contribution >= 0.6 is 0 Å². The number of hydrogen-bond donors (Lipinski definition) is 1. The third kappa shape index (κ3) is 4.94. The number of halogens is 1. The van der Waals surface area contributed by atoms with Gasteiger partial charge in [0.15, 0.2) is 0 Å². The topological polar surface area (TPSA) is 79.3 Å². The maximum atomic E-state index is 15.2. The summed E-state index contributed by atoms with van der Waals surface area (Å²) in [6.45, 7) is 6.30. The molecule has 2 aliphatic heterocycles. The largest absolute Gasteiger partial charge is 0.507 e. The number of Topliss-reactive ketones (excluding diaryl/α,β-unsaturated/α-hetero) is 1. The number of rotatable bonds is 8. The number of benzene rings is 3. The number of ketones is 1. The van der Waals surface area contributed by atoms with Crippen molar-refractivity contribution in [1.29, 1.82) is 0 Å². The molecule has 8 heteroatoms. The van der Waals surface area contributed by atoms with E-state index in [0.717, 1.165) is 31.6 Å². The Labute approximate surface area is 227 Å². The van der Waals surface area contributed by atoms with E-state index >= 15 is 4.39 Å². The lowest BCUT2D eigenvalue weighted by atomic mass is 9.94. The van der Waals surface area contributed by atoms with Crippen LogP contribution in [0.1, 0.15) is 43.9 Å². The first kappa shape index (κ1) is 26.3. The zero-order chi connectivity index (χ0) is 27.5. The first-order valence-corrected chi connectivity index (χ1v) is 13.2. The zero-order valence-corrected chi connectivity index (χ0v) is 22.0. The summed E-state index contributed by atoms with van der Waals surface area (Å²) in [4.78, 5) is 30.5. The molecule has 2 aliphatic rings. The van der Waals surface area contributed by atoms with Crippen molar-refractivity contribution < 1.29 is 28.6 Å². The predicted octanol–water partition coefficient (Wildman–Crippen LogP) is 5.85. The standard InChI is InChI=1S/C31H31FN2O5/c1-3-38-22-15-16-24(26(19-22)39-4-2)29(35)27-28(23-9-5-6-10-25(23)32)34(31(37)30(27)36)21-13-11-20(12-14-21)33-17-7-8-18-33/h5-6,9-16,19,28,35H,3-4,7-8,17-18H2,1-2H3/b29-27+. The summed E-state index contributed by atoms with van der Waals surface area (Å²) in [5.41, 5.74) is 1.56. The van der Waals surface area contributed by atoms with Crippen LogP contribution in [0.3, 0.4) is 0 Å². The van der Waals surface area contributed by atoms with Crippen molar-refractivity contribution in [2.24, 2.45) is 0 Å². The van der Waals surface area contributed by atoms with Gasteiger partial charge in [0.1, 0.15) is 23.1 Å². The average Bonchev–Trinajstić information content (AvgIpc) is 3.57. The molecule has 2 heterocycles. The minimum Gasteiger partial charge on any atom is -0.507 e. The number of hydrogen-bond acceptors (Lipinski definition) is 6. The number of carbonyl (C=O) groups is 2. The lowest BCUT2D eigenvalue weighted by molar-refractivity contribution is -0.132. The van der Waals surface area contributed by atoms with E-state index in [4.69, 9.17) is 9.47 Å². The highest BCUT2D eigenvalue weighted by Gasteiger charge is 2.48. The minimum absolute atomic E-state index is 0.103. The van der Waals surface area contributed by atoms with Crippen LogP contribution in [0.2, 0.25) is 0 Å². The van der Waals surface area contributed by atoms with Gasteiger partial charge < -0.3 is 19.5 Å². The van der Waals surface area contributed by atoms with Crippen molar-refractivity contribution in [1.82, 2.24) is 0 Å². The number of aliphatic hydroxyl groups excluding tert-OH is 1. The van der Waals surface area contributed by atoms with Crippen LogP contribution in [0.25, 0.3) is 5.76 Å². The van der Waals surface area contributed by atoms with Crippen LogP contribution in [0.15, 0.2) is 72.3 Å². The summed E-state index contributed by atoms with van der Waals surface area (Å²) in [6, 6.07) is 16.9. The molecule has 3 aromatic carbocycles. The summed E-state index contributed by atoms with van der Waals surface area (Å²) in [5, 5.41) is 11.5.